The van der Waals surface area contributed by atoms with E-state index in [4.69, 9.17) is 4.74 Å². The molecule has 0 aliphatic heterocycles. The van der Waals surface area contributed by atoms with E-state index in [2.05, 4.69) is 15.4 Å². The smallest absolute Gasteiger partial charge is 0.310 e. The SMILES string of the molecule is CCC(=O)Oc1cccc2n[nH]nc12. The second kappa shape index (κ2) is 3.45. The predicted octanol–water partition coefficient (Wildman–Crippen LogP) is 1.27. The van der Waals surface area contributed by atoms with Crippen LogP contribution >= 0.6 is 0 Å². The highest BCUT2D eigenvalue weighted by Gasteiger charge is 2.08. The molecule has 0 amide bonds. The van der Waals surface area contributed by atoms with E-state index in [9.17, 15) is 4.79 Å². The van der Waals surface area contributed by atoms with E-state index in [0.29, 0.717) is 23.2 Å². The van der Waals surface area contributed by atoms with E-state index in [1.165, 1.54) is 0 Å². The lowest BCUT2D eigenvalue weighted by molar-refractivity contribution is -0.133. The molecule has 0 fully saturated rings. The molecule has 72 valence electrons. The summed E-state index contributed by atoms with van der Waals surface area (Å²) in [6.45, 7) is 1.74. The van der Waals surface area contributed by atoms with Crippen LogP contribution in [0.3, 0.4) is 0 Å². The third-order valence-electron chi connectivity index (χ3n) is 1.82. The second-order valence-corrected chi connectivity index (χ2v) is 2.78. The van der Waals surface area contributed by atoms with E-state index < -0.39 is 0 Å². The van der Waals surface area contributed by atoms with Crippen molar-refractivity contribution in [3.05, 3.63) is 18.2 Å². The number of carbonyl (C=O) groups excluding carboxylic acids is 1. The molecule has 0 aliphatic rings. The Bertz CT molecular complexity index is 464. The van der Waals surface area contributed by atoms with Crippen LogP contribution in [0.15, 0.2) is 18.2 Å². The number of hydrogen-bond acceptors (Lipinski definition) is 4. The molecule has 5 nitrogen and oxygen atoms in total. The maximum Gasteiger partial charge on any atom is 0.310 e. The Morgan fingerprint density at radius 3 is 3.14 bits per heavy atom. The van der Waals surface area contributed by atoms with Gasteiger partial charge in [0.1, 0.15) is 5.52 Å². The van der Waals surface area contributed by atoms with Gasteiger partial charge in [-0.1, -0.05) is 13.0 Å². The first-order valence-electron chi connectivity index (χ1n) is 4.31. The molecule has 1 N–H and O–H groups in total. The van der Waals surface area contributed by atoms with Crippen LogP contribution in [-0.4, -0.2) is 21.4 Å². The number of H-pyrrole nitrogens is 1. The van der Waals surface area contributed by atoms with Crippen LogP contribution in [0, 0.1) is 0 Å². The summed E-state index contributed by atoms with van der Waals surface area (Å²) in [5, 5.41) is 10.3. The number of esters is 1. The Kier molecular flexibility index (Phi) is 2.14. The van der Waals surface area contributed by atoms with Crippen molar-refractivity contribution in [3.8, 4) is 5.75 Å². The summed E-state index contributed by atoms with van der Waals surface area (Å²) < 4.78 is 5.07. The van der Waals surface area contributed by atoms with Gasteiger partial charge in [-0.3, -0.25) is 4.79 Å². The summed E-state index contributed by atoms with van der Waals surface area (Å²) in [7, 11) is 0. The third kappa shape index (κ3) is 1.44. The molecule has 5 heteroatoms. The average molecular weight is 191 g/mol. The van der Waals surface area contributed by atoms with E-state index in [-0.39, 0.29) is 5.97 Å². The fourth-order valence-electron chi connectivity index (χ4n) is 1.12. The van der Waals surface area contributed by atoms with Crippen LogP contribution in [0.25, 0.3) is 11.0 Å². The van der Waals surface area contributed by atoms with Crippen LogP contribution < -0.4 is 4.74 Å². The van der Waals surface area contributed by atoms with Crippen molar-refractivity contribution in [3.63, 3.8) is 0 Å². The van der Waals surface area contributed by atoms with Crippen LogP contribution in [0.4, 0.5) is 0 Å². The molecule has 1 aromatic heterocycles. The number of fused-ring (bicyclic) bond motifs is 1. The summed E-state index contributed by atoms with van der Waals surface area (Å²) in [5.74, 6) is 0.170. The normalized spacial score (nSPS) is 10.4. The highest BCUT2D eigenvalue weighted by molar-refractivity contribution is 5.84. The first-order chi connectivity index (χ1) is 6.81. The number of rotatable bonds is 2. The Balaban J connectivity index is 2.41. The van der Waals surface area contributed by atoms with Crippen LogP contribution in [0.5, 0.6) is 5.75 Å². The number of aromatic nitrogens is 3. The lowest BCUT2D eigenvalue weighted by Crippen LogP contribution is -2.05. The Morgan fingerprint density at radius 1 is 1.50 bits per heavy atom. The molecule has 0 bridgehead atoms. The largest absolute Gasteiger partial charge is 0.424 e. The molecule has 14 heavy (non-hydrogen) atoms. The Hall–Kier alpha value is -1.91. The molecule has 0 radical (unpaired) electrons. The van der Waals surface area contributed by atoms with Crippen LogP contribution in [0.2, 0.25) is 0 Å². The first-order valence-corrected chi connectivity index (χ1v) is 4.31. The molecule has 1 heterocycles. The zero-order valence-electron chi connectivity index (χ0n) is 7.65. The molecule has 0 saturated heterocycles. The standard InChI is InChI=1S/C9H9N3O2/c1-2-8(13)14-7-5-3-4-6-9(7)11-12-10-6/h3-5H,2H2,1H3,(H,10,11,12). The first kappa shape index (κ1) is 8.68. The van der Waals surface area contributed by atoms with Gasteiger partial charge in [0, 0.05) is 6.42 Å². The maximum atomic E-state index is 11.1. The zero-order valence-corrected chi connectivity index (χ0v) is 7.65. The van der Waals surface area contributed by atoms with Crippen LogP contribution in [-0.2, 0) is 4.79 Å². The van der Waals surface area contributed by atoms with Crippen LogP contribution in [0.1, 0.15) is 13.3 Å². The van der Waals surface area contributed by atoms with Gasteiger partial charge in [0.05, 0.1) is 0 Å². The molecule has 2 rings (SSSR count). The van der Waals surface area contributed by atoms with Gasteiger partial charge in [0.15, 0.2) is 11.3 Å². The van der Waals surface area contributed by atoms with Crippen molar-refractivity contribution in [2.45, 2.75) is 13.3 Å². The number of nitrogens with zero attached hydrogens (tertiary/aromatic N) is 2. The van der Waals surface area contributed by atoms with E-state index in [1.54, 1.807) is 25.1 Å². The van der Waals surface area contributed by atoms with Gasteiger partial charge in [0.2, 0.25) is 0 Å². The van der Waals surface area contributed by atoms with Gasteiger partial charge < -0.3 is 4.74 Å². The maximum absolute atomic E-state index is 11.1. The number of carbonyl (C=O) groups is 1. The van der Waals surface area contributed by atoms with Gasteiger partial charge in [0.25, 0.3) is 0 Å². The average Bonchev–Trinajstić information content (AvgIpc) is 2.66. The number of hydrogen-bond donors (Lipinski definition) is 1. The van der Waals surface area contributed by atoms with Gasteiger partial charge in [-0.15, -0.1) is 0 Å². The van der Waals surface area contributed by atoms with Gasteiger partial charge in [-0.05, 0) is 12.1 Å². The zero-order chi connectivity index (χ0) is 9.97. The highest BCUT2D eigenvalue weighted by Crippen LogP contribution is 2.21. The van der Waals surface area contributed by atoms with Crippen molar-refractivity contribution >= 4 is 17.0 Å². The van der Waals surface area contributed by atoms with Crippen molar-refractivity contribution in [1.29, 1.82) is 0 Å². The van der Waals surface area contributed by atoms with E-state index in [1.807, 2.05) is 0 Å². The van der Waals surface area contributed by atoms with E-state index in [0.717, 1.165) is 0 Å². The molecular formula is C9H9N3O2. The minimum absolute atomic E-state index is 0.277. The fraction of sp³-hybridized carbons (Fsp3) is 0.222. The molecule has 0 spiro atoms. The molecule has 0 unspecified atom stereocenters. The summed E-state index contributed by atoms with van der Waals surface area (Å²) in [4.78, 5) is 11.1. The monoisotopic (exact) mass is 191 g/mol. The van der Waals surface area contributed by atoms with Gasteiger partial charge >= 0.3 is 5.97 Å². The summed E-state index contributed by atoms with van der Waals surface area (Å²) in [6, 6.07) is 5.25. The highest BCUT2D eigenvalue weighted by atomic mass is 16.5. The number of aromatic amines is 1. The number of para-hydroxylation sites is 1. The topological polar surface area (TPSA) is 67.9 Å². The second-order valence-electron chi connectivity index (χ2n) is 2.78. The van der Waals surface area contributed by atoms with Gasteiger partial charge in [-0.25, -0.2) is 0 Å². The summed E-state index contributed by atoms with van der Waals surface area (Å²) >= 11 is 0. The number of ether oxygens (including phenoxy) is 1. The quantitative estimate of drug-likeness (QED) is 0.573. The minimum atomic E-state index is -0.277. The van der Waals surface area contributed by atoms with E-state index >= 15 is 0 Å². The van der Waals surface area contributed by atoms with Crippen molar-refractivity contribution in [2.75, 3.05) is 0 Å². The summed E-state index contributed by atoms with van der Waals surface area (Å²) in [6.07, 6.45) is 0.342. The summed E-state index contributed by atoms with van der Waals surface area (Å²) in [5.41, 5.74) is 1.26. The molecule has 1 aromatic carbocycles. The Morgan fingerprint density at radius 2 is 2.36 bits per heavy atom. The van der Waals surface area contributed by atoms with Crippen molar-refractivity contribution < 1.29 is 9.53 Å². The third-order valence-corrected chi connectivity index (χ3v) is 1.82. The molecule has 0 atom stereocenters. The predicted molar refractivity (Wildman–Crippen MR) is 49.8 cm³/mol. The molecule has 0 aliphatic carbocycles. The van der Waals surface area contributed by atoms with Crippen molar-refractivity contribution in [1.82, 2.24) is 15.4 Å². The van der Waals surface area contributed by atoms with Gasteiger partial charge in [-0.2, -0.15) is 15.4 Å². The lowest BCUT2D eigenvalue weighted by atomic mass is 10.3. The minimum Gasteiger partial charge on any atom is -0.424 e. The lowest BCUT2D eigenvalue weighted by Gasteiger charge is -2.01. The molecule has 2 aromatic rings. The number of benzene rings is 1. The van der Waals surface area contributed by atoms with Crippen molar-refractivity contribution in [2.24, 2.45) is 0 Å². The fourth-order valence-corrected chi connectivity index (χ4v) is 1.12. The molecule has 0 saturated carbocycles. The Labute approximate surface area is 80.1 Å². The number of nitrogens with one attached hydrogen (secondary N) is 1. The molecular weight excluding hydrogens is 182 g/mol.